The first-order chi connectivity index (χ1) is 6.89. The minimum atomic E-state index is -2.78. The molecule has 4 nitrogen and oxygen atoms in total. The van der Waals surface area contributed by atoms with Crippen LogP contribution in [0.25, 0.3) is 0 Å². The lowest BCUT2D eigenvalue weighted by Crippen LogP contribution is -2.40. The number of ether oxygens (including phenoxy) is 1. The summed E-state index contributed by atoms with van der Waals surface area (Å²) in [6.45, 7) is 1.12. The van der Waals surface area contributed by atoms with E-state index in [1.165, 1.54) is 19.2 Å². The Morgan fingerprint density at radius 1 is 1.60 bits per heavy atom. The van der Waals surface area contributed by atoms with Crippen molar-refractivity contribution in [2.75, 3.05) is 7.11 Å². The smallest absolute Gasteiger partial charge is 0.373 e. The maximum absolute atomic E-state index is 12.5. The van der Waals surface area contributed by atoms with Gasteiger partial charge in [0.05, 0.1) is 7.11 Å². The molecule has 0 aliphatic rings. The van der Waals surface area contributed by atoms with Crippen LogP contribution >= 0.6 is 0 Å². The van der Waals surface area contributed by atoms with E-state index >= 15 is 0 Å². The lowest BCUT2D eigenvalue weighted by atomic mass is 10.0. The van der Waals surface area contributed by atoms with E-state index in [2.05, 4.69) is 4.74 Å². The number of halogens is 2. The molecule has 0 aromatic carbocycles. The van der Waals surface area contributed by atoms with Gasteiger partial charge in [-0.3, -0.25) is 0 Å². The van der Waals surface area contributed by atoms with E-state index < -0.39 is 17.9 Å². The number of alkyl halides is 2. The highest BCUT2D eigenvalue weighted by Crippen LogP contribution is 2.26. The zero-order valence-corrected chi connectivity index (χ0v) is 8.29. The second-order valence-corrected chi connectivity index (χ2v) is 3.24. The Balaban J connectivity index is 2.98. The molecule has 0 saturated heterocycles. The van der Waals surface area contributed by atoms with E-state index in [0.29, 0.717) is 0 Å². The van der Waals surface area contributed by atoms with E-state index in [1.807, 2.05) is 0 Å². The van der Waals surface area contributed by atoms with Gasteiger partial charge < -0.3 is 14.9 Å². The number of furan rings is 1. The van der Waals surface area contributed by atoms with Crippen molar-refractivity contribution in [3.8, 4) is 0 Å². The number of hydrogen-bond acceptors (Lipinski definition) is 4. The lowest BCUT2D eigenvalue weighted by Gasteiger charge is -2.20. The molecule has 0 spiro atoms. The van der Waals surface area contributed by atoms with Gasteiger partial charge in [-0.15, -0.1) is 0 Å². The van der Waals surface area contributed by atoms with E-state index in [0.717, 1.165) is 6.92 Å². The van der Waals surface area contributed by atoms with Gasteiger partial charge in [0.25, 0.3) is 6.43 Å². The fourth-order valence-corrected chi connectivity index (χ4v) is 0.945. The van der Waals surface area contributed by atoms with Crippen molar-refractivity contribution in [1.82, 2.24) is 0 Å². The molecule has 0 bridgehead atoms. The fourth-order valence-electron chi connectivity index (χ4n) is 0.945. The van der Waals surface area contributed by atoms with E-state index in [9.17, 15) is 13.6 Å². The normalized spacial score (nSPS) is 15.1. The van der Waals surface area contributed by atoms with Gasteiger partial charge in [0.1, 0.15) is 11.3 Å². The van der Waals surface area contributed by atoms with Crippen LogP contribution in [0.3, 0.4) is 0 Å². The molecule has 6 heteroatoms. The predicted molar refractivity (Wildman–Crippen MR) is 47.6 cm³/mol. The van der Waals surface area contributed by atoms with E-state index in [-0.39, 0.29) is 11.5 Å². The summed E-state index contributed by atoms with van der Waals surface area (Å²) in [6, 6.07) is 2.48. The molecule has 0 amide bonds. The molecule has 15 heavy (non-hydrogen) atoms. The molecule has 0 aliphatic carbocycles. The maximum atomic E-state index is 12.5. The second-order valence-electron chi connectivity index (χ2n) is 3.24. The van der Waals surface area contributed by atoms with Gasteiger partial charge in [0, 0.05) is 0 Å². The van der Waals surface area contributed by atoms with Crippen LogP contribution in [0.2, 0.25) is 0 Å². The maximum Gasteiger partial charge on any atom is 0.373 e. The largest absolute Gasteiger partial charge is 0.463 e. The van der Waals surface area contributed by atoms with Crippen LogP contribution in [-0.4, -0.2) is 19.5 Å². The number of carbonyl (C=O) groups excluding carboxylic acids is 1. The van der Waals surface area contributed by atoms with Crippen LogP contribution in [0, 0.1) is 0 Å². The minimum Gasteiger partial charge on any atom is -0.463 e. The Hall–Kier alpha value is -1.43. The Morgan fingerprint density at radius 3 is 2.67 bits per heavy atom. The van der Waals surface area contributed by atoms with E-state index in [4.69, 9.17) is 10.2 Å². The minimum absolute atomic E-state index is 0.148. The molecule has 1 heterocycles. The highest BCUT2D eigenvalue weighted by Gasteiger charge is 2.36. The van der Waals surface area contributed by atoms with Gasteiger partial charge in [-0.1, -0.05) is 0 Å². The Labute approximate surface area is 85.0 Å². The first-order valence-electron chi connectivity index (χ1n) is 4.15. The summed E-state index contributed by atoms with van der Waals surface area (Å²) in [5.41, 5.74) is 3.43. The average molecular weight is 219 g/mol. The predicted octanol–water partition coefficient (Wildman–Crippen LogP) is 1.51. The van der Waals surface area contributed by atoms with Gasteiger partial charge in [0.2, 0.25) is 5.76 Å². The zero-order valence-electron chi connectivity index (χ0n) is 8.29. The van der Waals surface area contributed by atoms with E-state index in [1.54, 1.807) is 0 Å². The van der Waals surface area contributed by atoms with Crippen LogP contribution in [-0.2, 0) is 10.3 Å². The zero-order chi connectivity index (χ0) is 11.6. The molecule has 1 aromatic heterocycles. The summed E-state index contributed by atoms with van der Waals surface area (Å²) in [6.07, 6.45) is -2.78. The quantitative estimate of drug-likeness (QED) is 0.782. The molecule has 2 N–H and O–H groups in total. The molecule has 1 rings (SSSR count). The molecule has 0 radical (unpaired) electrons. The first kappa shape index (κ1) is 11.6. The molecule has 84 valence electrons. The van der Waals surface area contributed by atoms with Gasteiger partial charge in [-0.2, -0.15) is 0 Å². The van der Waals surface area contributed by atoms with Crippen molar-refractivity contribution in [2.45, 2.75) is 18.9 Å². The third-order valence-corrected chi connectivity index (χ3v) is 1.98. The summed E-state index contributed by atoms with van der Waals surface area (Å²) < 4.78 is 34.2. The molecule has 0 saturated carbocycles. The van der Waals surface area contributed by atoms with Crippen LogP contribution in [0.1, 0.15) is 23.2 Å². The van der Waals surface area contributed by atoms with Crippen molar-refractivity contribution in [1.29, 1.82) is 0 Å². The second kappa shape index (κ2) is 3.98. The van der Waals surface area contributed by atoms with Crippen molar-refractivity contribution < 1.29 is 22.7 Å². The fraction of sp³-hybridized carbons (Fsp3) is 0.444. The Morgan fingerprint density at radius 2 is 2.20 bits per heavy atom. The number of hydrogen-bond donors (Lipinski definition) is 1. The molecular weight excluding hydrogens is 208 g/mol. The Bertz CT molecular complexity index is 360. The van der Waals surface area contributed by atoms with Crippen LogP contribution < -0.4 is 5.73 Å². The lowest BCUT2D eigenvalue weighted by molar-refractivity contribution is 0.0444. The average Bonchev–Trinajstić information content (AvgIpc) is 2.65. The SMILES string of the molecule is COC(=O)c1ccc(C(C)(N)C(F)F)o1. The summed E-state index contributed by atoms with van der Waals surface area (Å²) in [5.74, 6) is -1.03. The van der Waals surface area contributed by atoms with Crippen LogP contribution in [0.15, 0.2) is 16.5 Å². The van der Waals surface area contributed by atoms with Gasteiger partial charge in [0.15, 0.2) is 0 Å². The monoisotopic (exact) mass is 219 g/mol. The molecule has 1 unspecified atom stereocenters. The summed E-state index contributed by atoms with van der Waals surface area (Å²) in [7, 11) is 1.17. The van der Waals surface area contributed by atoms with Gasteiger partial charge in [-0.25, -0.2) is 13.6 Å². The highest BCUT2D eigenvalue weighted by atomic mass is 19.3. The Kier molecular flexibility index (Phi) is 3.09. The summed E-state index contributed by atoms with van der Waals surface area (Å²) in [4.78, 5) is 11.0. The number of nitrogens with two attached hydrogens (primary N) is 1. The third-order valence-electron chi connectivity index (χ3n) is 1.98. The molecular formula is C9H11F2NO3. The summed E-state index contributed by atoms with van der Waals surface area (Å²) in [5, 5.41) is 0. The van der Waals surface area contributed by atoms with Crippen molar-refractivity contribution >= 4 is 5.97 Å². The molecule has 0 aliphatic heterocycles. The molecule has 0 fully saturated rings. The molecule has 1 aromatic rings. The topological polar surface area (TPSA) is 65.5 Å². The van der Waals surface area contributed by atoms with Gasteiger partial charge >= 0.3 is 5.97 Å². The number of methoxy groups -OCH3 is 1. The van der Waals surface area contributed by atoms with Crippen molar-refractivity contribution in [3.63, 3.8) is 0 Å². The first-order valence-corrected chi connectivity index (χ1v) is 4.15. The highest BCUT2D eigenvalue weighted by molar-refractivity contribution is 5.86. The van der Waals surface area contributed by atoms with Crippen LogP contribution in [0.5, 0.6) is 0 Å². The summed E-state index contributed by atoms with van der Waals surface area (Å²) >= 11 is 0. The number of carbonyl (C=O) groups is 1. The van der Waals surface area contributed by atoms with Crippen molar-refractivity contribution in [3.05, 3.63) is 23.7 Å². The van der Waals surface area contributed by atoms with Crippen molar-refractivity contribution in [2.24, 2.45) is 5.73 Å². The van der Waals surface area contributed by atoms with Gasteiger partial charge in [-0.05, 0) is 19.1 Å². The molecule has 1 atom stereocenters. The third kappa shape index (κ3) is 2.15. The number of rotatable bonds is 3. The van der Waals surface area contributed by atoms with Crippen LogP contribution in [0.4, 0.5) is 8.78 Å². The number of esters is 1. The standard InChI is InChI=1S/C9H11F2NO3/c1-9(12,8(10)11)6-4-3-5(15-6)7(13)14-2/h3-4,8H,12H2,1-2H3.